The molecule has 154 valence electrons. The minimum atomic E-state index is -0.0503. The van der Waals surface area contributed by atoms with Gasteiger partial charge in [-0.3, -0.25) is 9.69 Å². The van der Waals surface area contributed by atoms with Crippen LogP contribution >= 0.6 is 0 Å². The smallest absolute Gasteiger partial charge is 0.251 e. The molecule has 2 aromatic rings. The SMILES string of the molecule is COc1cccc(C(=O)NC2CCN3CCc4cc(OC)c(OC)cc4C3C2)c1. The summed E-state index contributed by atoms with van der Waals surface area (Å²) in [6, 6.07) is 11.9. The van der Waals surface area contributed by atoms with Crippen LogP contribution in [0.2, 0.25) is 0 Å². The molecule has 1 amide bonds. The summed E-state index contributed by atoms with van der Waals surface area (Å²) in [6.45, 7) is 2.01. The van der Waals surface area contributed by atoms with Gasteiger partial charge in [-0.05, 0) is 60.7 Å². The van der Waals surface area contributed by atoms with Gasteiger partial charge in [0.05, 0.1) is 21.3 Å². The lowest BCUT2D eigenvalue weighted by Gasteiger charge is -2.43. The van der Waals surface area contributed by atoms with E-state index in [1.54, 1.807) is 27.4 Å². The number of piperidine rings is 1. The van der Waals surface area contributed by atoms with Gasteiger partial charge in [-0.2, -0.15) is 0 Å². The predicted octanol–water partition coefficient (Wildman–Crippen LogP) is 3.20. The summed E-state index contributed by atoms with van der Waals surface area (Å²) in [4.78, 5) is 15.3. The van der Waals surface area contributed by atoms with Gasteiger partial charge >= 0.3 is 0 Å². The van der Waals surface area contributed by atoms with Gasteiger partial charge in [0, 0.05) is 30.7 Å². The van der Waals surface area contributed by atoms with Crippen molar-refractivity contribution in [3.8, 4) is 17.2 Å². The first-order valence-corrected chi connectivity index (χ1v) is 10.1. The Balaban J connectivity index is 1.52. The second kappa shape index (κ2) is 8.33. The number of hydrogen-bond donors (Lipinski definition) is 1. The molecular formula is C23H28N2O4. The lowest BCUT2D eigenvalue weighted by molar-refractivity contribution is 0.0843. The molecule has 0 aliphatic carbocycles. The first-order valence-electron chi connectivity index (χ1n) is 10.1. The molecule has 0 saturated carbocycles. The lowest BCUT2D eigenvalue weighted by Crippen LogP contribution is -2.48. The van der Waals surface area contributed by atoms with E-state index >= 15 is 0 Å². The minimum Gasteiger partial charge on any atom is -0.497 e. The molecule has 2 aromatic carbocycles. The van der Waals surface area contributed by atoms with Crippen molar-refractivity contribution in [3.63, 3.8) is 0 Å². The van der Waals surface area contributed by atoms with Gasteiger partial charge in [-0.15, -0.1) is 0 Å². The topological polar surface area (TPSA) is 60.0 Å². The van der Waals surface area contributed by atoms with Crippen LogP contribution in [0.4, 0.5) is 0 Å². The maximum Gasteiger partial charge on any atom is 0.251 e. The third-order valence-corrected chi connectivity index (χ3v) is 6.05. The maximum absolute atomic E-state index is 12.8. The molecule has 0 spiro atoms. The van der Waals surface area contributed by atoms with Crippen molar-refractivity contribution in [2.45, 2.75) is 31.3 Å². The molecule has 29 heavy (non-hydrogen) atoms. The number of nitrogens with one attached hydrogen (secondary N) is 1. The van der Waals surface area contributed by atoms with Crippen LogP contribution in [0.25, 0.3) is 0 Å². The number of carbonyl (C=O) groups excluding carboxylic acids is 1. The largest absolute Gasteiger partial charge is 0.497 e. The van der Waals surface area contributed by atoms with Crippen molar-refractivity contribution in [2.24, 2.45) is 0 Å². The first-order chi connectivity index (χ1) is 14.1. The van der Waals surface area contributed by atoms with Crippen LogP contribution in [0.3, 0.4) is 0 Å². The number of amides is 1. The van der Waals surface area contributed by atoms with Crippen LogP contribution in [-0.4, -0.2) is 51.3 Å². The Morgan fingerprint density at radius 3 is 2.59 bits per heavy atom. The number of ether oxygens (including phenoxy) is 3. The third kappa shape index (κ3) is 3.90. The number of hydrogen-bond acceptors (Lipinski definition) is 5. The highest BCUT2D eigenvalue weighted by Gasteiger charge is 2.35. The fourth-order valence-corrected chi connectivity index (χ4v) is 4.50. The highest BCUT2D eigenvalue weighted by atomic mass is 16.5. The van der Waals surface area contributed by atoms with E-state index in [9.17, 15) is 4.79 Å². The summed E-state index contributed by atoms with van der Waals surface area (Å²) < 4.78 is 16.2. The van der Waals surface area contributed by atoms with Gasteiger partial charge < -0.3 is 19.5 Å². The number of rotatable bonds is 5. The van der Waals surface area contributed by atoms with Crippen molar-refractivity contribution in [1.82, 2.24) is 10.2 Å². The molecule has 2 aliphatic heterocycles. The quantitative estimate of drug-likeness (QED) is 0.841. The van der Waals surface area contributed by atoms with Gasteiger partial charge in [-0.1, -0.05) is 6.07 Å². The zero-order valence-corrected chi connectivity index (χ0v) is 17.2. The Morgan fingerprint density at radius 2 is 1.83 bits per heavy atom. The molecule has 0 radical (unpaired) electrons. The maximum atomic E-state index is 12.8. The number of methoxy groups -OCH3 is 3. The van der Waals surface area contributed by atoms with E-state index in [1.807, 2.05) is 18.2 Å². The van der Waals surface area contributed by atoms with E-state index in [2.05, 4.69) is 22.3 Å². The van der Waals surface area contributed by atoms with Crippen LogP contribution in [0.1, 0.15) is 40.4 Å². The summed E-state index contributed by atoms with van der Waals surface area (Å²) in [5.41, 5.74) is 3.22. The van der Waals surface area contributed by atoms with E-state index < -0.39 is 0 Å². The molecule has 2 unspecified atom stereocenters. The number of nitrogens with zero attached hydrogens (tertiary/aromatic N) is 1. The van der Waals surface area contributed by atoms with Crippen LogP contribution in [0, 0.1) is 0 Å². The highest BCUT2D eigenvalue weighted by molar-refractivity contribution is 5.94. The second-order valence-corrected chi connectivity index (χ2v) is 7.63. The normalized spacial score (nSPS) is 20.9. The molecule has 1 saturated heterocycles. The molecule has 4 rings (SSSR count). The van der Waals surface area contributed by atoms with E-state index in [0.717, 1.165) is 43.9 Å². The molecule has 2 atom stereocenters. The molecule has 2 heterocycles. The Hall–Kier alpha value is -2.73. The van der Waals surface area contributed by atoms with Gasteiger partial charge in [-0.25, -0.2) is 0 Å². The fraction of sp³-hybridized carbons (Fsp3) is 0.435. The zero-order valence-electron chi connectivity index (χ0n) is 17.2. The molecule has 6 nitrogen and oxygen atoms in total. The molecule has 2 aliphatic rings. The van der Waals surface area contributed by atoms with E-state index in [1.165, 1.54) is 11.1 Å². The summed E-state index contributed by atoms with van der Waals surface area (Å²) in [6.07, 6.45) is 2.85. The van der Waals surface area contributed by atoms with Crippen molar-refractivity contribution >= 4 is 5.91 Å². The number of carbonyl (C=O) groups is 1. The van der Waals surface area contributed by atoms with E-state index in [0.29, 0.717) is 11.3 Å². The average molecular weight is 396 g/mol. The van der Waals surface area contributed by atoms with Crippen molar-refractivity contribution in [2.75, 3.05) is 34.4 Å². The first kappa shape index (κ1) is 19.6. The Morgan fingerprint density at radius 1 is 1.03 bits per heavy atom. The third-order valence-electron chi connectivity index (χ3n) is 6.05. The predicted molar refractivity (Wildman–Crippen MR) is 111 cm³/mol. The van der Waals surface area contributed by atoms with E-state index in [-0.39, 0.29) is 18.0 Å². The fourth-order valence-electron chi connectivity index (χ4n) is 4.50. The molecule has 1 fully saturated rings. The molecule has 6 heteroatoms. The lowest BCUT2D eigenvalue weighted by atomic mass is 9.84. The molecule has 1 N–H and O–H groups in total. The zero-order chi connectivity index (χ0) is 20.4. The highest BCUT2D eigenvalue weighted by Crippen LogP contribution is 2.41. The van der Waals surface area contributed by atoms with E-state index in [4.69, 9.17) is 14.2 Å². The summed E-state index contributed by atoms with van der Waals surface area (Å²) in [7, 11) is 4.95. The van der Waals surface area contributed by atoms with Crippen LogP contribution in [0.15, 0.2) is 36.4 Å². The monoisotopic (exact) mass is 396 g/mol. The number of fused-ring (bicyclic) bond motifs is 3. The van der Waals surface area contributed by atoms with Crippen molar-refractivity contribution in [3.05, 3.63) is 53.1 Å². The summed E-state index contributed by atoms with van der Waals surface area (Å²) in [5.74, 6) is 2.18. The van der Waals surface area contributed by atoms with Gasteiger partial charge in [0.1, 0.15) is 5.75 Å². The Kier molecular flexibility index (Phi) is 5.62. The standard InChI is InChI=1S/C23H28N2O4/c1-27-18-6-4-5-16(11-18)23(26)24-17-8-10-25-9-7-15-12-21(28-2)22(29-3)14-19(15)20(25)13-17/h4-6,11-12,14,17,20H,7-10,13H2,1-3H3,(H,24,26). The molecule has 0 aromatic heterocycles. The Bertz CT molecular complexity index is 898. The molecular weight excluding hydrogens is 368 g/mol. The average Bonchev–Trinajstić information content (AvgIpc) is 2.77. The van der Waals surface area contributed by atoms with Crippen LogP contribution in [-0.2, 0) is 6.42 Å². The second-order valence-electron chi connectivity index (χ2n) is 7.63. The van der Waals surface area contributed by atoms with Gasteiger partial charge in [0.15, 0.2) is 11.5 Å². The van der Waals surface area contributed by atoms with Crippen LogP contribution in [0.5, 0.6) is 17.2 Å². The van der Waals surface area contributed by atoms with Crippen molar-refractivity contribution < 1.29 is 19.0 Å². The van der Waals surface area contributed by atoms with Crippen LogP contribution < -0.4 is 19.5 Å². The van der Waals surface area contributed by atoms with Crippen molar-refractivity contribution in [1.29, 1.82) is 0 Å². The minimum absolute atomic E-state index is 0.0503. The molecule has 0 bridgehead atoms. The summed E-state index contributed by atoms with van der Waals surface area (Å²) in [5, 5.41) is 3.22. The summed E-state index contributed by atoms with van der Waals surface area (Å²) >= 11 is 0. The van der Waals surface area contributed by atoms with Gasteiger partial charge in [0.2, 0.25) is 0 Å². The number of benzene rings is 2. The van der Waals surface area contributed by atoms with Gasteiger partial charge in [0.25, 0.3) is 5.91 Å². The Labute approximate surface area is 171 Å².